The monoisotopic (exact) mass is 237 g/mol. The molecule has 6 nitrogen and oxygen atoms in total. The molecule has 0 aromatic carbocycles. The third-order valence-electron chi connectivity index (χ3n) is 2.32. The molecule has 0 bridgehead atoms. The van der Waals surface area contributed by atoms with Crippen LogP contribution in [-0.4, -0.2) is 47.7 Å². The number of nitrogens with two attached hydrogens (primary N) is 1. The van der Waals surface area contributed by atoms with Crippen LogP contribution in [0.15, 0.2) is 12.1 Å². The van der Waals surface area contributed by atoms with Gasteiger partial charge in [-0.1, -0.05) is 0 Å². The fraction of sp³-hybridized carbons (Fsp3) is 0.545. The summed E-state index contributed by atoms with van der Waals surface area (Å²) < 4.78 is 0. The number of nitrogens with zero attached hydrogens (tertiary/aromatic N) is 3. The highest BCUT2D eigenvalue weighted by atomic mass is 16.1. The Labute approximate surface area is 101 Å². The van der Waals surface area contributed by atoms with Gasteiger partial charge in [-0.15, -0.1) is 10.2 Å². The van der Waals surface area contributed by atoms with E-state index in [0.717, 1.165) is 13.0 Å². The number of hydrogen-bond donors (Lipinski definition) is 2. The zero-order valence-corrected chi connectivity index (χ0v) is 10.5. The van der Waals surface area contributed by atoms with Gasteiger partial charge in [-0.25, -0.2) is 0 Å². The normalized spacial score (nSPS) is 12.5. The summed E-state index contributed by atoms with van der Waals surface area (Å²) in [5, 5.41) is 10.8. The lowest BCUT2D eigenvalue weighted by Gasteiger charge is -2.16. The van der Waals surface area contributed by atoms with Crippen molar-refractivity contribution in [3.63, 3.8) is 0 Å². The van der Waals surface area contributed by atoms with E-state index in [2.05, 4.69) is 27.3 Å². The van der Waals surface area contributed by atoms with Crippen LogP contribution in [0.2, 0.25) is 0 Å². The fourth-order valence-corrected chi connectivity index (χ4v) is 1.32. The molecule has 94 valence electrons. The first-order valence-electron chi connectivity index (χ1n) is 5.54. The summed E-state index contributed by atoms with van der Waals surface area (Å²) in [6.45, 7) is 3.08. The molecule has 0 spiro atoms. The van der Waals surface area contributed by atoms with E-state index in [-0.39, 0.29) is 5.69 Å². The summed E-state index contributed by atoms with van der Waals surface area (Å²) >= 11 is 0. The van der Waals surface area contributed by atoms with Crippen LogP contribution >= 0.6 is 0 Å². The van der Waals surface area contributed by atoms with Crippen molar-refractivity contribution in [2.24, 2.45) is 5.73 Å². The third kappa shape index (κ3) is 4.78. The molecule has 0 saturated heterocycles. The minimum atomic E-state index is -0.565. The lowest BCUT2D eigenvalue weighted by molar-refractivity contribution is 0.0994. The first-order valence-corrected chi connectivity index (χ1v) is 5.54. The number of hydrogen-bond acceptors (Lipinski definition) is 5. The molecule has 0 radical (unpaired) electrons. The molecule has 0 fully saturated rings. The summed E-state index contributed by atoms with van der Waals surface area (Å²) in [6.07, 6.45) is 1.01. The molecule has 1 heterocycles. The number of aromatic nitrogens is 2. The molecule has 1 unspecified atom stereocenters. The van der Waals surface area contributed by atoms with Crippen molar-refractivity contribution in [2.45, 2.75) is 19.4 Å². The van der Waals surface area contributed by atoms with Crippen LogP contribution in [0.3, 0.4) is 0 Å². The second-order valence-corrected chi connectivity index (χ2v) is 4.31. The zero-order valence-electron chi connectivity index (χ0n) is 10.5. The van der Waals surface area contributed by atoms with Crippen LogP contribution in [-0.2, 0) is 0 Å². The molecular formula is C11H19N5O. The van der Waals surface area contributed by atoms with E-state index >= 15 is 0 Å². The highest BCUT2D eigenvalue weighted by Crippen LogP contribution is 2.05. The average molecular weight is 237 g/mol. The van der Waals surface area contributed by atoms with Crippen molar-refractivity contribution in [1.82, 2.24) is 15.1 Å². The quantitative estimate of drug-likeness (QED) is 0.744. The van der Waals surface area contributed by atoms with Crippen LogP contribution in [0.5, 0.6) is 0 Å². The minimum Gasteiger partial charge on any atom is -0.366 e. The Balaban J connectivity index is 2.48. The first-order chi connectivity index (χ1) is 7.99. The van der Waals surface area contributed by atoms with Gasteiger partial charge in [0.05, 0.1) is 0 Å². The molecular weight excluding hydrogens is 218 g/mol. The van der Waals surface area contributed by atoms with E-state index in [1.54, 1.807) is 12.1 Å². The van der Waals surface area contributed by atoms with Crippen LogP contribution < -0.4 is 11.1 Å². The van der Waals surface area contributed by atoms with Crippen LogP contribution in [0.4, 0.5) is 5.82 Å². The van der Waals surface area contributed by atoms with Gasteiger partial charge in [-0.2, -0.15) is 0 Å². The average Bonchev–Trinajstić information content (AvgIpc) is 2.27. The second-order valence-electron chi connectivity index (χ2n) is 4.31. The summed E-state index contributed by atoms with van der Waals surface area (Å²) in [4.78, 5) is 12.9. The van der Waals surface area contributed by atoms with E-state index < -0.39 is 5.91 Å². The Bertz CT molecular complexity index is 363. The van der Waals surface area contributed by atoms with Crippen molar-refractivity contribution in [2.75, 3.05) is 26.0 Å². The van der Waals surface area contributed by atoms with Gasteiger partial charge in [-0.05, 0) is 46.1 Å². The number of carbonyl (C=O) groups excluding carboxylic acids is 1. The van der Waals surface area contributed by atoms with Gasteiger partial charge in [0.2, 0.25) is 0 Å². The number of rotatable bonds is 6. The standard InChI is InChI=1S/C11H19N5O/c1-8(6-7-16(2)3)13-10-5-4-9(11(12)17)14-15-10/h4-5,8H,6-7H2,1-3H3,(H2,12,17)(H,13,15). The first kappa shape index (κ1) is 13.4. The number of nitrogens with one attached hydrogen (secondary N) is 1. The highest BCUT2D eigenvalue weighted by molar-refractivity contribution is 5.90. The Morgan fingerprint density at radius 2 is 2.18 bits per heavy atom. The molecule has 1 atom stereocenters. The smallest absolute Gasteiger partial charge is 0.269 e. The molecule has 0 aliphatic carbocycles. The molecule has 6 heteroatoms. The highest BCUT2D eigenvalue weighted by Gasteiger charge is 2.06. The van der Waals surface area contributed by atoms with Gasteiger partial charge < -0.3 is 16.0 Å². The summed E-state index contributed by atoms with van der Waals surface area (Å²) in [5.41, 5.74) is 5.26. The maximum Gasteiger partial charge on any atom is 0.269 e. The molecule has 1 aromatic heterocycles. The molecule has 0 aliphatic heterocycles. The number of primary amides is 1. The van der Waals surface area contributed by atoms with E-state index in [1.807, 2.05) is 14.1 Å². The van der Waals surface area contributed by atoms with Crippen molar-refractivity contribution in [3.8, 4) is 0 Å². The Hall–Kier alpha value is -1.69. The number of amides is 1. The van der Waals surface area contributed by atoms with Gasteiger partial charge in [0.1, 0.15) is 5.82 Å². The Morgan fingerprint density at radius 1 is 1.47 bits per heavy atom. The minimum absolute atomic E-state index is 0.177. The molecule has 1 amide bonds. The second kappa shape index (κ2) is 6.15. The molecule has 0 saturated carbocycles. The zero-order chi connectivity index (χ0) is 12.8. The summed E-state index contributed by atoms with van der Waals surface area (Å²) in [7, 11) is 4.07. The summed E-state index contributed by atoms with van der Waals surface area (Å²) in [6, 6.07) is 3.57. The molecule has 1 aromatic rings. The van der Waals surface area contributed by atoms with Gasteiger partial charge in [0, 0.05) is 6.04 Å². The van der Waals surface area contributed by atoms with E-state index in [9.17, 15) is 4.79 Å². The van der Waals surface area contributed by atoms with Crippen molar-refractivity contribution in [1.29, 1.82) is 0 Å². The SMILES string of the molecule is CC(CCN(C)C)Nc1ccc(C(N)=O)nn1. The number of anilines is 1. The maximum absolute atomic E-state index is 10.8. The van der Waals surface area contributed by atoms with E-state index in [0.29, 0.717) is 11.9 Å². The van der Waals surface area contributed by atoms with Gasteiger partial charge in [0.15, 0.2) is 5.69 Å². The Kier molecular flexibility index (Phi) is 4.84. The van der Waals surface area contributed by atoms with Crippen LogP contribution in [0.1, 0.15) is 23.8 Å². The predicted octanol–water partition coefficient (Wildman–Crippen LogP) is 0.328. The molecule has 3 N–H and O–H groups in total. The largest absolute Gasteiger partial charge is 0.366 e. The number of carbonyl (C=O) groups is 1. The van der Waals surface area contributed by atoms with E-state index in [4.69, 9.17) is 5.73 Å². The third-order valence-corrected chi connectivity index (χ3v) is 2.32. The molecule has 1 rings (SSSR count). The van der Waals surface area contributed by atoms with Crippen molar-refractivity contribution >= 4 is 11.7 Å². The summed E-state index contributed by atoms with van der Waals surface area (Å²) in [5.74, 6) is 0.0889. The van der Waals surface area contributed by atoms with Crippen LogP contribution in [0.25, 0.3) is 0 Å². The van der Waals surface area contributed by atoms with Crippen molar-refractivity contribution in [3.05, 3.63) is 17.8 Å². The van der Waals surface area contributed by atoms with Gasteiger partial charge in [0.25, 0.3) is 5.91 Å². The maximum atomic E-state index is 10.8. The topological polar surface area (TPSA) is 84.1 Å². The van der Waals surface area contributed by atoms with E-state index in [1.165, 1.54) is 0 Å². The lowest BCUT2D eigenvalue weighted by Crippen LogP contribution is -2.23. The molecule has 17 heavy (non-hydrogen) atoms. The predicted molar refractivity (Wildman–Crippen MR) is 66.8 cm³/mol. The van der Waals surface area contributed by atoms with Crippen LogP contribution in [0, 0.1) is 0 Å². The van der Waals surface area contributed by atoms with Gasteiger partial charge >= 0.3 is 0 Å². The molecule has 0 aliphatic rings. The lowest BCUT2D eigenvalue weighted by atomic mass is 10.2. The van der Waals surface area contributed by atoms with Gasteiger partial charge in [-0.3, -0.25) is 4.79 Å². The Morgan fingerprint density at radius 3 is 2.65 bits per heavy atom. The van der Waals surface area contributed by atoms with Crippen molar-refractivity contribution < 1.29 is 4.79 Å². The fourth-order valence-electron chi connectivity index (χ4n) is 1.32.